The number of nitrogens with zero attached hydrogens (tertiary/aromatic N) is 1. The highest BCUT2D eigenvalue weighted by atomic mass is 16.3. The van der Waals surface area contributed by atoms with Gasteiger partial charge >= 0.3 is 0 Å². The molecule has 104 valence electrons. The molecule has 2 rings (SSSR count). The van der Waals surface area contributed by atoms with E-state index >= 15 is 0 Å². The molecule has 1 aliphatic rings. The third kappa shape index (κ3) is 3.05. The molecule has 1 aromatic rings. The topological polar surface area (TPSA) is 78.6 Å². The minimum absolute atomic E-state index is 0.0192. The number of nitrogens with one attached hydrogen (secondary N) is 1. The summed E-state index contributed by atoms with van der Waals surface area (Å²) in [6.07, 6.45) is 1.16. The molecule has 0 spiro atoms. The Morgan fingerprint density at radius 1 is 1.58 bits per heavy atom. The minimum Gasteiger partial charge on any atom is -0.398 e. The predicted molar refractivity (Wildman–Crippen MR) is 74.5 cm³/mol. The zero-order valence-electron chi connectivity index (χ0n) is 11.2. The van der Waals surface area contributed by atoms with Gasteiger partial charge in [0.25, 0.3) is 0 Å². The van der Waals surface area contributed by atoms with Gasteiger partial charge in [-0.2, -0.15) is 0 Å². The van der Waals surface area contributed by atoms with E-state index in [2.05, 4.69) is 5.32 Å². The Kier molecular flexibility index (Phi) is 4.39. The number of likely N-dealkylation sites (N-methyl/N-ethyl adjacent to an activating group) is 1. The molecule has 4 N–H and O–H groups in total. The van der Waals surface area contributed by atoms with Crippen LogP contribution in [0.15, 0.2) is 24.3 Å². The van der Waals surface area contributed by atoms with Crippen LogP contribution in [0.2, 0.25) is 0 Å². The van der Waals surface area contributed by atoms with Crippen LogP contribution in [0.1, 0.15) is 24.5 Å². The predicted octanol–water partition coefficient (Wildman–Crippen LogP) is 0.513. The molecule has 2 atom stereocenters. The Morgan fingerprint density at radius 3 is 3.00 bits per heavy atom. The van der Waals surface area contributed by atoms with Crippen LogP contribution in [-0.4, -0.2) is 42.1 Å². The van der Waals surface area contributed by atoms with Crippen molar-refractivity contribution in [3.8, 4) is 0 Å². The maximum atomic E-state index is 11.8. The van der Waals surface area contributed by atoms with E-state index in [1.807, 2.05) is 23.1 Å². The van der Waals surface area contributed by atoms with Crippen LogP contribution in [0.3, 0.4) is 0 Å². The number of nitrogen functional groups attached to an aromatic ring is 1. The van der Waals surface area contributed by atoms with Crippen molar-refractivity contribution in [1.82, 2.24) is 10.2 Å². The molecule has 1 saturated heterocycles. The van der Waals surface area contributed by atoms with Gasteiger partial charge in [-0.1, -0.05) is 18.2 Å². The lowest BCUT2D eigenvalue weighted by Gasteiger charge is -2.26. The quantitative estimate of drug-likeness (QED) is 0.692. The van der Waals surface area contributed by atoms with Gasteiger partial charge in [-0.05, 0) is 25.5 Å². The van der Waals surface area contributed by atoms with Gasteiger partial charge in [0.1, 0.15) is 0 Å². The standard InChI is InChI=1S/C14H21N3O2/c1-16-14(19)12-7-4-8-17(12)9-13(18)10-5-2-3-6-11(10)15/h2-3,5-6,12-13,18H,4,7-9,15H2,1H3,(H,16,19). The second-order valence-electron chi connectivity index (χ2n) is 4.91. The van der Waals surface area contributed by atoms with Crippen molar-refractivity contribution in [2.75, 3.05) is 25.9 Å². The van der Waals surface area contributed by atoms with Gasteiger partial charge in [-0.3, -0.25) is 9.69 Å². The fourth-order valence-corrected chi connectivity index (χ4v) is 2.64. The first-order valence-corrected chi connectivity index (χ1v) is 6.61. The minimum atomic E-state index is -0.661. The smallest absolute Gasteiger partial charge is 0.237 e. The lowest BCUT2D eigenvalue weighted by molar-refractivity contribution is -0.125. The van der Waals surface area contributed by atoms with E-state index in [4.69, 9.17) is 5.73 Å². The number of para-hydroxylation sites is 1. The third-order valence-corrected chi connectivity index (χ3v) is 3.68. The molecule has 0 aliphatic carbocycles. The normalized spacial score (nSPS) is 21.3. The summed E-state index contributed by atoms with van der Waals surface area (Å²) in [5.74, 6) is 0.0192. The molecule has 5 nitrogen and oxygen atoms in total. The summed E-state index contributed by atoms with van der Waals surface area (Å²) in [7, 11) is 1.64. The first-order valence-electron chi connectivity index (χ1n) is 6.61. The highest BCUT2D eigenvalue weighted by molar-refractivity contribution is 5.81. The Morgan fingerprint density at radius 2 is 2.32 bits per heavy atom. The lowest BCUT2D eigenvalue weighted by atomic mass is 10.1. The maximum Gasteiger partial charge on any atom is 0.237 e. The number of carbonyl (C=O) groups is 1. The first-order chi connectivity index (χ1) is 9.13. The number of hydrogen-bond donors (Lipinski definition) is 3. The van der Waals surface area contributed by atoms with Gasteiger partial charge in [0.2, 0.25) is 5.91 Å². The summed E-state index contributed by atoms with van der Waals surface area (Å²) in [6.45, 7) is 1.27. The highest BCUT2D eigenvalue weighted by Crippen LogP contribution is 2.25. The van der Waals surface area contributed by atoms with Crippen LogP contribution in [-0.2, 0) is 4.79 Å². The van der Waals surface area contributed by atoms with E-state index in [-0.39, 0.29) is 11.9 Å². The van der Waals surface area contributed by atoms with Crippen LogP contribution in [0.5, 0.6) is 0 Å². The Bertz CT molecular complexity index is 450. The summed E-state index contributed by atoms with van der Waals surface area (Å²) in [6, 6.07) is 7.16. The Balaban J connectivity index is 2.04. The second-order valence-corrected chi connectivity index (χ2v) is 4.91. The fraction of sp³-hybridized carbons (Fsp3) is 0.500. The van der Waals surface area contributed by atoms with Crippen LogP contribution >= 0.6 is 0 Å². The van der Waals surface area contributed by atoms with E-state index in [1.54, 1.807) is 13.1 Å². The van der Waals surface area contributed by atoms with Gasteiger partial charge in [0.05, 0.1) is 12.1 Å². The van der Waals surface area contributed by atoms with E-state index in [9.17, 15) is 9.90 Å². The van der Waals surface area contributed by atoms with Crippen molar-refractivity contribution in [2.24, 2.45) is 0 Å². The molecule has 1 fully saturated rings. The zero-order chi connectivity index (χ0) is 13.8. The summed E-state index contributed by atoms with van der Waals surface area (Å²) in [5.41, 5.74) is 7.17. The molecule has 1 amide bonds. The van der Waals surface area contributed by atoms with Gasteiger partial charge in [0, 0.05) is 24.8 Å². The van der Waals surface area contributed by atoms with Crippen molar-refractivity contribution in [3.63, 3.8) is 0 Å². The molecule has 1 heterocycles. The van der Waals surface area contributed by atoms with E-state index in [0.29, 0.717) is 12.2 Å². The van der Waals surface area contributed by atoms with Crippen LogP contribution < -0.4 is 11.1 Å². The molecule has 1 aromatic carbocycles. The van der Waals surface area contributed by atoms with E-state index in [1.165, 1.54) is 0 Å². The van der Waals surface area contributed by atoms with Crippen LogP contribution in [0, 0.1) is 0 Å². The van der Waals surface area contributed by atoms with Crippen molar-refractivity contribution >= 4 is 11.6 Å². The number of amides is 1. The molecular formula is C14H21N3O2. The molecule has 0 radical (unpaired) electrons. The van der Waals surface area contributed by atoms with Gasteiger partial charge < -0.3 is 16.2 Å². The number of aliphatic hydroxyl groups is 1. The third-order valence-electron chi connectivity index (χ3n) is 3.68. The maximum absolute atomic E-state index is 11.8. The summed E-state index contributed by atoms with van der Waals surface area (Å²) in [4.78, 5) is 13.8. The summed E-state index contributed by atoms with van der Waals surface area (Å²) < 4.78 is 0. The number of likely N-dealkylation sites (tertiary alicyclic amines) is 1. The summed E-state index contributed by atoms with van der Waals surface area (Å²) in [5, 5.41) is 13.0. The molecule has 19 heavy (non-hydrogen) atoms. The van der Waals surface area contributed by atoms with Gasteiger partial charge in [-0.25, -0.2) is 0 Å². The zero-order valence-corrected chi connectivity index (χ0v) is 11.2. The highest BCUT2D eigenvalue weighted by Gasteiger charge is 2.31. The SMILES string of the molecule is CNC(=O)C1CCCN1CC(O)c1ccccc1N. The second kappa shape index (κ2) is 6.04. The van der Waals surface area contributed by atoms with Crippen molar-refractivity contribution in [2.45, 2.75) is 25.0 Å². The molecule has 0 saturated carbocycles. The Hall–Kier alpha value is -1.59. The van der Waals surface area contributed by atoms with Gasteiger partial charge in [0.15, 0.2) is 0 Å². The van der Waals surface area contributed by atoms with E-state index in [0.717, 1.165) is 24.9 Å². The monoisotopic (exact) mass is 263 g/mol. The van der Waals surface area contributed by atoms with Crippen molar-refractivity contribution < 1.29 is 9.90 Å². The molecule has 0 bridgehead atoms. The number of benzene rings is 1. The van der Waals surface area contributed by atoms with Gasteiger partial charge in [-0.15, -0.1) is 0 Å². The number of β-amino-alcohol motifs (C(OH)–C–C–N with tert-alkyl or cyclic N) is 1. The van der Waals surface area contributed by atoms with Crippen molar-refractivity contribution in [1.29, 1.82) is 0 Å². The molecule has 5 heteroatoms. The number of carbonyl (C=O) groups excluding carboxylic acids is 1. The van der Waals surface area contributed by atoms with Crippen molar-refractivity contribution in [3.05, 3.63) is 29.8 Å². The van der Waals surface area contributed by atoms with E-state index < -0.39 is 6.10 Å². The average molecular weight is 263 g/mol. The average Bonchev–Trinajstić information content (AvgIpc) is 2.86. The number of hydrogen-bond acceptors (Lipinski definition) is 4. The molecule has 0 aromatic heterocycles. The number of nitrogens with two attached hydrogens (primary N) is 1. The number of rotatable bonds is 4. The Labute approximate surface area is 113 Å². The summed E-state index contributed by atoms with van der Waals surface area (Å²) >= 11 is 0. The lowest BCUT2D eigenvalue weighted by Crippen LogP contribution is -2.43. The number of anilines is 1. The first kappa shape index (κ1) is 13.8. The fourth-order valence-electron chi connectivity index (χ4n) is 2.64. The molecule has 2 unspecified atom stereocenters. The van der Waals surface area contributed by atoms with Crippen LogP contribution in [0.4, 0.5) is 5.69 Å². The molecular weight excluding hydrogens is 242 g/mol. The molecule has 1 aliphatic heterocycles. The number of aliphatic hydroxyl groups excluding tert-OH is 1. The van der Waals surface area contributed by atoms with Crippen LogP contribution in [0.25, 0.3) is 0 Å². The largest absolute Gasteiger partial charge is 0.398 e.